The van der Waals surface area contributed by atoms with Crippen LogP contribution in [0.25, 0.3) is 11.1 Å². The molecule has 2 heterocycles. The third kappa shape index (κ3) is 5.15. The van der Waals surface area contributed by atoms with Gasteiger partial charge in [0.15, 0.2) is 0 Å². The first-order chi connectivity index (χ1) is 12.1. The maximum atomic E-state index is 5.23. The second-order valence-electron chi connectivity index (χ2n) is 6.93. The summed E-state index contributed by atoms with van der Waals surface area (Å²) >= 11 is 0. The van der Waals surface area contributed by atoms with E-state index >= 15 is 0 Å². The molecule has 0 aliphatic carbocycles. The lowest BCUT2D eigenvalue weighted by atomic mass is 9.91. The van der Waals surface area contributed by atoms with Gasteiger partial charge in [0, 0.05) is 0 Å². The monoisotopic (exact) mass is 340 g/mol. The Labute approximate surface area is 150 Å². The normalized spacial score (nSPS) is 20.6. The zero-order chi connectivity index (χ0) is 17.8. The van der Waals surface area contributed by atoms with Crippen molar-refractivity contribution in [1.29, 1.82) is 0 Å². The largest absolute Gasteiger partial charge is 0.376 e. The van der Waals surface area contributed by atoms with E-state index in [1.54, 1.807) is 0 Å². The smallest absolute Gasteiger partial charge is 0.104 e. The summed E-state index contributed by atoms with van der Waals surface area (Å²) in [6, 6.07) is 12.9. The number of hydrogen-bond donors (Lipinski definition) is 0. The molecule has 2 aromatic rings. The van der Waals surface area contributed by atoms with Crippen LogP contribution in [0, 0.1) is 27.7 Å². The minimum Gasteiger partial charge on any atom is -0.376 e. The molecule has 0 bridgehead atoms. The fraction of sp³-hybridized carbons (Fsp3) is 0.455. The van der Waals surface area contributed by atoms with Crippen molar-refractivity contribution < 1.29 is 14.2 Å². The average Bonchev–Trinajstić information content (AvgIpc) is 3.53. The molecule has 4 rings (SSSR count). The average molecular weight is 340 g/mol. The standard InChI is InChI=1S/C16H18.C6H10O3/c1-11-10-16(14(4)13(3)12(11)2)15-8-6-5-7-9-15;1(5-3-8-5)7-2-6-4-9-6/h5-10H,1-4H3;5-6H,1-4H2. The molecule has 0 spiro atoms. The Morgan fingerprint density at radius 2 is 1.40 bits per heavy atom. The van der Waals surface area contributed by atoms with E-state index in [0.717, 1.165) is 26.4 Å². The van der Waals surface area contributed by atoms with Crippen LogP contribution in [0.5, 0.6) is 0 Å². The predicted octanol–water partition coefficient (Wildman–Crippen LogP) is 4.39. The molecule has 2 aliphatic heterocycles. The number of aryl methyl sites for hydroxylation is 1. The van der Waals surface area contributed by atoms with Crippen LogP contribution in [0.4, 0.5) is 0 Å². The van der Waals surface area contributed by atoms with E-state index in [1.165, 1.54) is 33.4 Å². The minimum atomic E-state index is 0.392. The maximum absolute atomic E-state index is 5.23. The van der Waals surface area contributed by atoms with Gasteiger partial charge in [0.25, 0.3) is 0 Å². The van der Waals surface area contributed by atoms with Gasteiger partial charge in [-0.1, -0.05) is 36.4 Å². The van der Waals surface area contributed by atoms with Crippen molar-refractivity contribution in [3.8, 4) is 11.1 Å². The van der Waals surface area contributed by atoms with Crippen LogP contribution in [0.3, 0.4) is 0 Å². The second-order valence-corrected chi connectivity index (χ2v) is 6.93. The van der Waals surface area contributed by atoms with Crippen LogP contribution < -0.4 is 0 Å². The van der Waals surface area contributed by atoms with Gasteiger partial charge in [0.2, 0.25) is 0 Å². The molecule has 2 unspecified atom stereocenters. The lowest BCUT2D eigenvalue weighted by Gasteiger charge is -2.14. The summed E-state index contributed by atoms with van der Waals surface area (Å²) in [6.07, 6.45) is 0.785. The van der Waals surface area contributed by atoms with Crippen molar-refractivity contribution in [3.63, 3.8) is 0 Å². The summed E-state index contributed by atoms with van der Waals surface area (Å²) < 4.78 is 15.1. The van der Waals surface area contributed by atoms with Crippen LogP contribution in [-0.2, 0) is 14.2 Å². The Morgan fingerprint density at radius 1 is 0.840 bits per heavy atom. The number of benzene rings is 2. The molecule has 2 aromatic carbocycles. The molecule has 2 atom stereocenters. The summed E-state index contributed by atoms with van der Waals surface area (Å²) in [5.74, 6) is 0. The van der Waals surface area contributed by atoms with Gasteiger partial charge in [0.1, 0.15) is 12.2 Å². The third-order valence-corrected chi connectivity index (χ3v) is 4.98. The number of epoxide rings is 2. The van der Waals surface area contributed by atoms with Crippen LogP contribution in [0.1, 0.15) is 22.3 Å². The van der Waals surface area contributed by atoms with Gasteiger partial charge in [-0.2, -0.15) is 0 Å². The first-order valence-corrected chi connectivity index (χ1v) is 9.00. The van der Waals surface area contributed by atoms with Crippen molar-refractivity contribution in [1.82, 2.24) is 0 Å². The maximum Gasteiger partial charge on any atom is 0.104 e. The van der Waals surface area contributed by atoms with E-state index in [1.807, 2.05) is 0 Å². The van der Waals surface area contributed by atoms with Crippen LogP contribution in [-0.4, -0.2) is 38.6 Å². The molecule has 0 aromatic heterocycles. The van der Waals surface area contributed by atoms with Gasteiger partial charge in [-0.15, -0.1) is 0 Å². The highest BCUT2D eigenvalue weighted by Gasteiger charge is 2.26. The predicted molar refractivity (Wildman–Crippen MR) is 101 cm³/mol. The van der Waals surface area contributed by atoms with E-state index in [-0.39, 0.29) is 0 Å². The molecule has 2 fully saturated rings. The molecule has 2 saturated heterocycles. The third-order valence-electron chi connectivity index (χ3n) is 4.98. The van der Waals surface area contributed by atoms with Gasteiger partial charge in [-0.05, 0) is 61.1 Å². The number of rotatable bonds is 5. The van der Waals surface area contributed by atoms with E-state index < -0.39 is 0 Å². The molecule has 134 valence electrons. The quantitative estimate of drug-likeness (QED) is 0.757. The summed E-state index contributed by atoms with van der Waals surface area (Å²) in [5.41, 5.74) is 8.28. The summed E-state index contributed by atoms with van der Waals surface area (Å²) in [7, 11) is 0. The van der Waals surface area contributed by atoms with E-state index in [0.29, 0.717) is 12.2 Å². The molecule has 3 heteroatoms. The molecule has 25 heavy (non-hydrogen) atoms. The van der Waals surface area contributed by atoms with Gasteiger partial charge in [-0.25, -0.2) is 0 Å². The van der Waals surface area contributed by atoms with Crippen molar-refractivity contribution in [2.24, 2.45) is 0 Å². The second kappa shape index (κ2) is 8.13. The Morgan fingerprint density at radius 3 is 1.92 bits per heavy atom. The Hall–Kier alpha value is -1.68. The fourth-order valence-electron chi connectivity index (χ4n) is 2.79. The lowest BCUT2D eigenvalue weighted by Crippen LogP contribution is -2.06. The highest BCUT2D eigenvalue weighted by molar-refractivity contribution is 5.70. The van der Waals surface area contributed by atoms with E-state index in [4.69, 9.17) is 14.2 Å². The minimum absolute atomic E-state index is 0.392. The Balaban J connectivity index is 0.000000170. The van der Waals surface area contributed by atoms with Crippen molar-refractivity contribution in [2.75, 3.05) is 26.4 Å². The van der Waals surface area contributed by atoms with E-state index in [9.17, 15) is 0 Å². The molecule has 0 radical (unpaired) electrons. The van der Waals surface area contributed by atoms with Crippen molar-refractivity contribution in [3.05, 3.63) is 58.7 Å². The summed E-state index contributed by atoms with van der Waals surface area (Å²) in [6.45, 7) is 12.1. The Kier molecular flexibility index (Phi) is 5.89. The van der Waals surface area contributed by atoms with Gasteiger partial charge >= 0.3 is 0 Å². The topological polar surface area (TPSA) is 34.3 Å². The van der Waals surface area contributed by atoms with Crippen molar-refractivity contribution >= 4 is 0 Å². The highest BCUT2D eigenvalue weighted by atomic mass is 16.6. The van der Waals surface area contributed by atoms with Gasteiger partial charge in [-0.3, -0.25) is 0 Å². The van der Waals surface area contributed by atoms with Crippen LogP contribution in [0.15, 0.2) is 36.4 Å². The molecule has 3 nitrogen and oxygen atoms in total. The molecule has 0 N–H and O–H groups in total. The van der Waals surface area contributed by atoms with Crippen molar-refractivity contribution in [2.45, 2.75) is 39.9 Å². The molecule has 0 saturated carbocycles. The molecular formula is C22H28O3. The van der Waals surface area contributed by atoms with E-state index in [2.05, 4.69) is 64.1 Å². The fourth-order valence-corrected chi connectivity index (χ4v) is 2.79. The van der Waals surface area contributed by atoms with Gasteiger partial charge < -0.3 is 14.2 Å². The Bertz CT molecular complexity index is 689. The van der Waals surface area contributed by atoms with Crippen LogP contribution >= 0.6 is 0 Å². The summed E-state index contributed by atoms with van der Waals surface area (Å²) in [4.78, 5) is 0. The van der Waals surface area contributed by atoms with Gasteiger partial charge in [0.05, 0.1) is 26.4 Å². The summed E-state index contributed by atoms with van der Waals surface area (Å²) in [5, 5.41) is 0. The SMILES string of the molecule is C(OCC1CO1)C1CO1.Cc1cc(-c2ccccc2)c(C)c(C)c1C. The molecule has 2 aliphatic rings. The first kappa shape index (κ1) is 18.1. The number of ether oxygens (including phenoxy) is 3. The number of hydrogen-bond acceptors (Lipinski definition) is 3. The molecular weight excluding hydrogens is 312 g/mol. The van der Waals surface area contributed by atoms with Crippen LogP contribution in [0.2, 0.25) is 0 Å². The zero-order valence-corrected chi connectivity index (χ0v) is 15.7. The highest BCUT2D eigenvalue weighted by Crippen LogP contribution is 2.29. The first-order valence-electron chi connectivity index (χ1n) is 9.00. The zero-order valence-electron chi connectivity index (χ0n) is 15.7. The lowest BCUT2D eigenvalue weighted by molar-refractivity contribution is 0.102. The molecule has 0 amide bonds.